The molecule has 0 amide bonds. The van der Waals surface area contributed by atoms with Crippen molar-refractivity contribution in [1.82, 2.24) is 5.43 Å². The topological polar surface area (TPSA) is 38.0 Å². The van der Waals surface area contributed by atoms with E-state index in [-0.39, 0.29) is 6.04 Å². The van der Waals surface area contributed by atoms with E-state index in [9.17, 15) is 0 Å². The lowest BCUT2D eigenvalue weighted by atomic mass is 9.93. The van der Waals surface area contributed by atoms with Gasteiger partial charge in [0.1, 0.15) is 0 Å². The molecule has 0 aliphatic rings. The van der Waals surface area contributed by atoms with E-state index in [1.807, 2.05) is 18.2 Å². The van der Waals surface area contributed by atoms with E-state index in [1.54, 1.807) is 0 Å². The summed E-state index contributed by atoms with van der Waals surface area (Å²) in [6, 6.07) is 6.05. The maximum Gasteiger partial charge on any atom is 0.0477 e. The van der Waals surface area contributed by atoms with Crippen LogP contribution < -0.4 is 11.3 Å². The van der Waals surface area contributed by atoms with Gasteiger partial charge < -0.3 is 0 Å². The first-order chi connectivity index (χ1) is 8.08. The lowest BCUT2D eigenvalue weighted by molar-refractivity contribution is 0.395. The summed E-state index contributed by atoms with van der Waals surface area (Å²) in [4.78, 5) is 0. The van der Waals surface area contributed by atoms with Gasteiger partial charge in [0, 0.05) is 15.5 Å². The summed E-state index contributed by atoms with van der Waals surface area (Å²) in [7, 11) is 0. The zero-order chi connectivity index (χ0) is 12.8. The van der Waals surface area contributed by atoms with Crippen LogP contribution in [0.4, 0.5) is 0 Å². The Kier molecular flexibility index (Phi) is 6.49. The fraction of sp³-hybridized carbons (Fsp3) is 0.538. The molecule has 0 aliphatic carbocycles. The van der Waals surface area contributed by atoms with Gasteiger partial charge in [-0.3, -0.25) is 11.3 Å². The number of rotatable bonds is 6. The van der Waals surface area contributed by atoms with Crippen LogP contribution in [0.2, 0.25) is 5.02 Å². The van der Waals surface area contributed by atoms with E-state index in [2.05, 4.69) is 35.2 Å². The molecule has 4 heteroatoms. The van der Waals surface area contributed by atoms with Crippen LogP contribution in [0.5, 0.6) is 0 Å². The molecule has 1 aromatic carbocycles. The highest BCUT2D eigenvalue weighted by Gasteiger charge is 2.16. The molecule has 0 saturated carbocycles. The van der Waals surface area contributed by atoms with Crippen LogP contribution in [0.25, 0.3) is 0 Å². The molecule has 96 valence electrons. The molecule has 0 fully saturated rings. The highest BCUT2D eigenvalue weighted by Crippen LogP contribution is 2.30. The lowest BCUT2D eigenvalue weighted by Gasteiger charge is -2.21. The fourth-order valence-corrected chi connectivity index (χ4v) is 2.89. The van der Waals surface area contributed by atoms with Crippen LogP contribution in [0.15, 0.2) is 22.7 Å². The molecule has 0 aliphatic heterocycles. The first-order valence-electron chi connectivity index (χ1n) is 5.99. The third-order valence-corrected chi connectivity index (χ3v) is 3.78. The smallest absolute Gasteiger partial charge is 0.0477 e. The van der Waals surface area contributed by atoms with Gasteiger partial charge in [0.05, 0.1) is 0 Å². The zero-order valence-electron chi connectivity index (χ0n) is 10.3. The van der Waals surface area contributed by atoms with Gasteiger partial charge >= 0.3 is 0 Å². The van der Waals surface area contributed by atoms with E-state index in [0.29, 0.717) is 5.92 Å². The Balaban J connectivity index is 2.79. The molecule has 0 aromatic heterocycles. The van der Waals surface area contributed by atoms with Crippen molar-refractivity contribution in [3.63, 3.8) is 0 Å². The van der Waals surface area contributed by atoms with Crippen LogP contribution in [0, 0.1) is 5.92 Å². The highest BCUT2D eigenvalue weighted by molar-refractivity contribution is 9.10. The van der Waals surface area contributed by atoms with E-state index < -0.39 is 0 Å². The second-order valence-electron chi connectivity index (χ2n) is 4.51. The standard InChI is InChI=1S/C13H20BrClN2/c1-3-4-9(2)7-13(17-16)11-6-5-10(14)8-12(11)15/h5-6,8-9,13,17H,3-4,7,16H2,1-2H3. The van der Waals surface area contributed by atoms with Gasteiger partial charge in [0.2, 0.25) is 0 Å². The summed E-state index contributed by atoms with van der Waals surface area (Å²) in [5.74, 6) is 6.28. The molecule has 0 heterocycles. The molecular weight excluding hydrogens is 300 g/mol. The van der Waals surface area contributed by atoms with Crippen LogP contribution in [-0.2, 0) is 0 Å². The Morgan fingerprint density at radius 3 is 2.71 bits per heavy atom. The fourth-order valence-electron chi connectivity index (χ4n) is 2.08. The summed E-state index contributed by atoms with van der Waals surface area (Å²) in [5, 5.41) is 0.756. The Morgan fingerprint density at radius 1 is 1.47 bits per heavy atom. The summed E-state index contributed by atoms with van der Waals surface area (Å²) < 4.78 is 0.989. The van der Waals surface area contributed by atoms with Crippen molar-refractivity contribution >= 4 is 27.5 Å². The monoisotopic (exact) mass is 318 g/mol. The third-order valence-electron chi connectivity index (χ3n) is 2.96. The lowest BCUT2D eigenvalue weighted by Crippen LogP contribution is -2.29. The summed E-state index contributed by atoms with van der Waals surface area (Å²) in [5.41, 5.74) is 3.94. The SMILES string of the molecule is CCCC(C)CC(NN)c1ccc(Br)cc1Cl. The quantitative estimate of drug-likeness (QED) is 0.601. The van der Waals surface area contributed by atoms with Crippen molar-refractivity contribution < 1.29 is 0 Å². The molecule has 0 spiro atoms. The van der Waals surface area contributed by atoms with E-state index in [4.69, 9.17) is 17.4 Å². The normalized spacial score (nSPS) is 14.6. The number of hydrazine groups is 1. The van der Waals surface area contributed by atoms with Crippen LogP contribution >= 0.6 is 27.5 Å². The Labute approximate surface area is 117 Å². The first kappa shape index (κ1) is 15.0. The van der Waals surface area contributed by atoms with Gasteiger partial charge in [0.25, 0.3) is 0 Å². The Morgan fingerprint density at radius 2 is 2.18 bits per heavy atom. The Hall–Kier alpha value is -0.0900. The van der Waals surface area contributed by atoms with Crippen molar-refractivity contribution in [3.8, 4) is 0 Å². The van der Waals surface area contributed by atoms with Crippen molar-refractivity contribution in [2.45, 2.75) is 39.2 Å². The molecule has 0 saturated heterocycles. The largest absolute Gasteiger partial charge is 0.271 e. The third kappa shape index (κ3) is 4.59. The first-order valence-corrected chi connectivity index (χ1v) is 7.16. The van der Waals surface area contributed by atoms with Gasteiger partial charge in [-0.2, -0.15) is 0 Å². The van der Waals surface area contributed by atoms with Gasteiger partial charge in [-0.15, -0.1) is 0 Å². The predicted octanol–water partition coefficient (Wildman–Crippen LogP) is 4.43. The van der Waals surface area contributed by atoms with Crippen LogP contribution in [0.3, 0.4) is 0 Å². The second kappa shape index (κ2) is 7.37. The minimum absolute atomic E-state index is 0.122. The predicted molar refractivity (Wildman–Crippen MR) is 77.9 cm³/mol. The zero-order valence-corrected chi connectivity index (χ0v) is 12.7. The van der Waals surface area contributed by atoms with Gasteiger partial charge in [-0.1, -0.05) is 60.3 Å². The van der Waals surface area contributed by atoms with E-state index in [1.165, 1.54) is 12.8 Å². The molecule has 3 N–H and O–H groups in total. The average Bonchev–Trinajstić information content (AvgIpc) is 2.27. The van der Waals surface area contributed by atoms with Crippen LogP contribution in [0.1, 0.15) is 44.7 Å². The van der Waals surface area contributed by atoms with Gasteiger partial charge in [-0.05, 0) is 30.0 Å². The number of nitrogens with one attached hydrogen (secondary N) is 1. The summed E-state index contributed by atoms with van der Waals surface area (Å²) >= 11 is 9.64. The number of benzene rings is 1. The van der Waals surface area contributed by atoms with Crippen molar-refractivity contribution in [2.75, 3.05) is 0 Å². The average molecular weight is 320 g/mol. The van der Waals surface area contributed by atoms with Crippen LogP contribution in [-0.4, -0.2) is 0 Å². The van der Waals surface area contributed by atoms with Crippen molar-refractivity contribution in [1.29, 1.82) is 0 Å². The molecule has 2 atom stereocenters. The van der Waals surface area contributed by atoms with E-state index in [0.717, 1.165) is 21.5 Å². The molecule has 1 aromatic rings. The maximum absolute atomic E-state index is 6.24. The minimum atomic E-state index is 0.122. The van der Waals surface area contributed by atoms with Gasteiger partial charge in [0.15, 0.2) is 0 Å². The second-order valence-corrected chi connectivity index (χ2v) is 5.84. The molecule has 2 unspecified atom stereocenters. The summed E-state index contributed by atoms with van der Waals surface area (Å²) in [6.07, 6.45) is 3.42. The Bertz CT molecular complexity index is 357. The maximum atomic E-state index is 6.24. The highest BCUT2D eigenvalue weighted by atomic mass is 79.9. The molecule has 2 nitrogen and oxygen atoms in total. The molecule has 0 radical (unpaired) electrons. The van der Waals surface area contributed by atoms with E-state index >= 15 is 0 Å². The number of hydrogen-bond donors (Lipinski definition) is 2. The molecule has 1 rings (SSSR count). The molecule has 17 heavy (non-hydrogen) atoms. The summed E-state index contributed by atoms with van der Waals surface area (Å²) in [6.45, 7) is 4.45. The number of hydrogen-bond acceptors (Lipinski definition) is 2. The van der Waals surface area contributed by atoms with Gasteiger partial charge in [-0.25, -0.2) is 0 Å². The van der Waals surface area contributed by atoms with Crippen molar-refractivity contribution in [2.24, 2.45) is 11.8 Å². The minimum Gasteiger partial charge on any atom is -0.271 e. The number of nitrogens with two attached hydrogens (primary N) is 1. The van der Waals surface area contributed by atoms with Crippen molar-refractivity contribution in [3.05, 3.63) is 33.3 Å². The molecular formula is C13H20BrClN2. The number of halogens is 2. The molecule has 0 bridgehead atoms.